The Balaban J connectivity index is 1.97. The fraction of sp³-hybridized carbons (Fsp3) is 0.727. The molecule has 1 aromatic rings. The summed E-state index contributed by atoms with van der Waals surface area (Å²) in [5.74, 6) is 0. The van der Waals surface area contributed by atoms with Crippen molar-refractivity contribution in [3.05, 3.63) is 12.4 Å². The Kier molecular flexibility index (Phi) is 4.59. The number of nitrogens with zero attached hydrogens (tertiary/aromatic N) is 3. The lowest BCUT2D eigenvalue weighted by Crippen LogP contribution is -2.35. The number of halogens is 3. The summed E-state index contributed by atoms with van der Waals surface area (Å²) in [7, 11) is -3.27. The molecule has 1 heterocycles. The number of hydrogen-bond donors (Lipinski definition) is 1. The Morgan fingerprint density at radius 3 is 2.71 bits per heavy atom. The van der Waals surface area contributed by atoms with Gasteiger partial charge in [0.05, 0.1) is 12.7 Å². The maximum Gasteiger partial charge on any atom is 0.402 e. The van der Waals surface area contributed by atoms with E-state index in [1.807, 2.05) is 0 Å². The molecule has 0 saturated heterocycles. The van der Waals surface area contributed by atoms with Gasteiger partial charge in [0.25, 0.3) is 0 Å². The molecule has 6 nitrogen and oxygen atoms in total. The monoisotopic (exact) mass is 326 g/mol. The van der Waals surface area contributed by atoms with Gasteiger partial charge in [0.1, 0.15) is 11.4 Å². The van der Waals surface area contributed by atoms with E-state index in [1.54, 1.807) is 0 Å². The Bertz CT molecular complexity index is 581. The molecule has 0 spiro atoms. The van der Waals surface area contributed by atoms with Crippen molar-refractivity contribution in [3.8, 4) is 0 Å². The Labute approximate surface area is 121 Å². The van der Waals surface area contributed by atoms with Crippen LogP contribution in [0.3, 0.4) is 0 Å². The lowest BCUT2D eigenvalue weighted by Gasteiger charge is -2.17. The van der Waals surface area contributed by atoms with Gasteiger partial charge in [-0.05, 0) is 12.8 Å². The normalized spacial score (nSPS) is 16.6. The van der Waals surface area contributed by atoms with Gasteiger partial charge in [-0.2, -0.15) is 22.6 Å². The molecule has 0 aromatic carbocycles. The van der Waals surface area contributed by atoms with Gasteiger partial charge in [0.2, 0.25) is 10.0 Å². The molecule has 1 N–H and O–H groups in total. The van der Waals surface area contributed by atoms with E-state index in [9.17, 15) is 21.6 Å². The van der Waals surface area contributed by atoms with Crippen LogP contribution in [0.25, 0.3) is 0 Å². The zero-order valence-corrected chi connectivity index (χ0v) is 12.3. The molecule has 1 aromatic heterocycles. The van der Waals surface area contributed by atoms with E-state index in [1.165, 1.54) is 10.9 Å². The third-order valence-corrected chi connectivity index (χ3v) is 4.83. The summed E-state index contributed by atoms with van der Waals surface area (Å²) in [6, 6.07) is 0.529. The van der Waals surface area contributed by atoms with Crippen molar-refractivity contribution in [3.63, 3.8) is 0 Å². The smallest absolute Gasteiger partial charge is 0.312 e. The molecule has 0 bridgehead atoms. The second-order valence-corrected chi connectivity index (χ2v) is 7.09. The van der Waals surface area contributed by atoms with Gasteiger partial charge in [-0.15, -0.1) is 0 Å². The van der Waals surface area contributed by atoms with Gasteiger partial charge in [-0.25, -0.2) is 8.42 Å². The van der Waals surface area contributed by atoms with Crippen molar-refractivity contribution < 1.29 is 21.6 Å². The molecule has 2 rings (SSSR count). The van der Waals surface area contributed by atoms with E-state index < -0.39 is 22.7 Å². The van der Waals surface area contributed by atoms with E-state index in [0.29, 0.717) is 19.1 Å². The van der Waals surface area contributed by atoms with Crippen LogP contribution in [0.2, 0.25) is 0 Å². The number of rotatable bonds is 7. The Hall–Kier alpha value is -1.13. The second-order valence-electron chi connectivity index (χ2n) is 5.04. The fourth-order valence-corrected chi connectivity index (χ4v) is 2.90. The number of nitrogens with one attached hydrogen (secondary N) is 1. The fourth-order valence-electron chi connectivity index (χ4n) is 1.79. The first kappa shape index (κ1) is 16.2. The predicted octanol–water partition coefficient (Wildman–Crippen LogP) is 0.818. The summed E-state index contributed by atoms with van der Waals surface area (Å²) in [5.41, 5.74) is 0. The maximum absolute atomic E-state index is 12.3. The van der Waals surface area contributed by atoms with Crippen molar-refractivity contribution in [1.29, 1.82) is 0 Å². The van der Waals surface area contributed by atoms with Crippen molar-refractivity contribution in [2.24, 2.45) is 0 Å². The summed E-state index contributed by atoms with van der Waals surface area (Å²) in [5, 5.41) is 7.11. The minimum Gasteiger partial charge on any atom is -0.312 e. The minimum absolute atomic E-state index is 0.235. The van der Waals surface area contributed by atoms with Crippen molar-refractivity contribution >= 4 is 10.0 Å². The highest BCUT2D eigenvalue weighted by atomic mass is 32.2. The molecule has 0 radical (unpaired) electrons. The minimum atomic E-state index is -4.58. The third-order valence-electron chi connectivity index (χ3n) is 3.07. The lowest BCUT2D eigenvalue weighted by atomic mass is 10.6. The van der Waals surface area contributed by atoms with Crippen LogP contribution in [0.15, 0.2) is 17.3 Å². The highest BCUT2D eigenvalue weighted by molar-refractivity contribution is 7.89. The van der Waals surface area contributed by atoms with Crippen LogP contribution >= 0.6 is 0 Å². The van der Waals surface area contributed by atoms with E-state index in [2.05, 4.69) is 10.4 Å². The maximum atomic E-state index is 12.3. The molecule has 1 aliphatic rings. The van der Waals surface area contributed by atoms with Crippen LogP contribution in [0.5, 0.6) is 0 Å². The van der Waals surface area contributed by atoms with Gasteiger partial charge in [-0.1, -0.05) is 0 Å². The molecule has 0 atom stereocenters. The number of aromatic nitrogens is 2. The van der Waals surface area contributed by atoms with Crippen LogP contribution in [0.1, 0.15) is 12.8 Å². The summed E-state index contributed by atoms with van der Waals surface area (Å²) in [4.78, 5) is -0.235. The van der Waals surface area contributed by atoms with E-state index in [0.717, 1.165) is 26.1 Å². The molecular weight excluding hydrogens is 309 g/mol. The quantitative estimate of drug-likeness (QED) is 0.805. The van der Waals surface area contributed by atoms with Crippen LogP contribution in [0.4, 0.5) is 13.2 Å². The van der Waals surface area contributed by atoms with E-state index in [4.69, 9.17) is 0 Å². The largest absolute Gasteiger partial charge is 0.402 e. The van der Waals surface area contributed by atoms with Crippen molar-refractivity contribution in [1.82, 2.24) is 19.4 Å². The summed E-state index contributed by atoms with van der Waals surface area (Å²) >= 11 is 0. The number of alkyl halides is 3. The highest BCUT2D eigenvalue weighted by Gasteiger charge is 2.35. The molecule has 1 aliphatic carbocycles. The summed E-state index contributed by atoms with van der Waals surface area (Å²) in [6.07, 6.45) is 0.0179. The van der Waals surface area contributed by atoms with E-state index >= 15 is 0 Å². The molecule has 10 heteroatoms. The van der Waals surface area contributed by atoms with Gasteiger partial charge in [0.15, 0.2) is 0 Å². The van der Waals surface area contributed by atoms with Crippen molar-refractivity contribution in [2.45, 2.75) is 36.5 Å². The molecule has 0 aliphatic heterocycles. The molecule has 1 saturated carbocycles. The predicted molar refractivity (Wildman–Crippen MR) is 69.1 cm³/mol. The molecular formula is C11H17F3N4O2S. The first-order chi connectivity index (χ1) is 9.68. The Morgan fingerprint density at radius 1 is 1.48 bits per heavy atom. The summed E-state index contributed by atoms with van der Waals surface area (Å²) < 4.78 is 62.4. The van der Waals surface area contributed by atoms with Crippen LogP contribution < -0.4 is 5.32 Å². The molecule has 120 valence electrons. The topological polar surface area (TPSA) is 67.2 Å². The zero-order valence-electron chi connectivity index (χ0n) is 11.5. The van der Waals surface area contributed by atoms with Crippen molar-refractivity contribution in [2.75, 3.05) is 20.1 Å². The standard InChI is InChI=1S/C11H17F3N4O2S/c1-17(8-11(12,13)14)21(19,20)10-6-16-18(7-10)5-4-15-9-2-3-9/h6-7,9,15H,2-5,8H2,1H3. The lowest BCUT2D eigenvalue weighted by molar-refractivity contribution is -0.134. The van der Waals surface area contributed by atoms with Crippen LogP contribution in [-0.4, -0.2) is 54.9 Å². The van der Waals surface area contributed by atoms with Crippen LogP contribution in [0, 0.1) is 0 Å². The summed E-state index contributed by atoms with van der Waals surface area (Å²) in [6.45, 7) is -0.414. The number of sulfonamides is 1. The molecule has 21 heavy (non-hydrogen) atoms. The SMILES string of the molecule is CN(CC(F)(F)F)S(=O)(=O)c1cnn(CCNC2CC2)c1. The van der Waals surface area contributed by atoms with E-state index in [-0.39, 0.29) is 9.20 Å². The van der Waals surface area contributed by atoms with Gasteiger partial charge < -0.3 is 5.32 Å². The molecule has 1 fully saturated rings. The third kappa shape index (κ3) is 4.68. The highest BCUT2D eigenvalue weighted by Crippen LogP contribution is 2.21. The molecule has 0 unspecified atom stereocenters. The first-order valence-electron chi connectivity index (χ1n) is 6.47. The average molecular weight is 326 g/mol. The average Bonchev–Trinajstić information content (AvgIpc) is 3.03. The zero-order chi connectivity index (χ0) is 15.7. The number of hydrogen-bond acceptors (Lipinski definition) is 4. The second kappa shape index (κ2) is 5.93. The van der Waals surface area contributed by atoms with Gasteiger partial charge >= 0.3 is 6.18 Å². The first-order valence-corrected chi connectivity index (χ1v) is 7.91. The van der Waals surface area contributed by atoms with Crippen LogP contribution in [-0.2, 0) is 16.6 Å². The van der Waals surface area contributed by atoms with Gasteiger partial charge in [0, 0.05) is 25.8 Å². The van der Waals surface area contributed by atoms with Gasteiger partial charge in [-0.3, -0.25) is 4.68 Å². The Morgan fingerprint density at radius 2 is 2.14 bits per heavy atom. The molecule has 0 amide bonds.